The third kappa shape index (κ3) is 9.76. The summed E-state index contributed by atoms with van der Waals surface area (Å²) in [6, 6.07) is 10.4. The molecule has 1 heterocycles. The van der Waals surface area contributed by atoms with Crippen LogP contribution >= 0.6 is 24.0 Å². The predicted octanol–water partition coefficient (Wildman–Crippen LogP) is 3.28. The number of rotatable bonds is 10. The van der Waals surface area contributed by atoms with E-state index in [2.05, 4.69) is 58.8 Å². The van der Waals surface area contributed by atoms with Gasteiger partial charge in [-0.25, -0.2) is 0 Å². The Kier molecular flexibility index (Phi) is 11.8. The minimum absolute atomic E-state index is 0. The lowest BCUT2D eigenvalue weighted by Gasteiger charge is -2.13. The Morgan fingerprint density at radius 2 is 2.00 bits per heavy atom. The molecular weight excluding hydrogens is 453 g/mol. The van der Waals surface area contributed by atoms with Crippen molar-refractivity contribution in [3.05, 3.63) is 53.9 Å². The predicted molar refractivity (Wildman–Crippen MR) is 122 cm³/mol. The van der Waals surface area contributed by atoms with Crippen molar-refractivity contribution >= 4 is 29.9 Å². The number of guanidine groups is 1. The van der Waals surface area contributed by atoms with E-state index in [0.29, 0.717) is 12.5 Å². The summed E-state index contributed by atoms with van der Waals surface area (Å²) in [5, 5.41) is 10.9. The zero-order valence-corrected chi connectivity index (χ0v) is 18.8. The maximum Gasteiger partial charge on any atom is 0.191 e. The number of ether oxygens (including phenoxy) is 1. The number of nitrogens with one attached hydrogen (secondary N) is 2. The normalized spacial score (nSPS) is 11.3. The molecule has 0 atom stereocenters. The lowest BCUT2D eigenvalue weighted by atomic mass is 10.1. The molecule has 2 N–H and O–H groups in total. The Morgan fingerprint density at radius 3 is 2.70 bits per heavy atom. The smallest absolute Gasteiger partial charge is 0.191 e. The van der Waals surface area contributed by atoms with Gasteiger partial charge in [-0.3, -0.25) is 9.67 Å². The summed E-state index contributed by atoms with van der Waals surface area (Å²) in [6.07, 6.45) is 4.87. The third-order valence-electron chi connectivity index (χ3n) is 3.96. The van der Waals surface area contributed by atoms with Crippen molar-refractivity contribution in [2.45, 2.75) is 33.4 Å². The Hall–Kier alpha value is -1.61. The molecule has 0 aliphatic carbocycles. The van der Waals surface area contributed by atoms with Crippen LogP contribution in [0.1, 0.15) is 31.4 Å². The lowest BCUT2D eigenvalue weighted by molar-refractivity contribution is 0.128. The number of halogens is 1. The summed E-state index contributed by atoms with van der Waals surface area (Å²) in [6.45, 7) is 8.16. The molecule has 0 amide bonds. The van der Waals surface area contributed by atoms with E-state index in [-0.39, 0.29) is 24.0 Å². The van der Waals surface area contributed by atoms with Gasteiger partial charge in [0, 0.05) is 39.1 Å². The van der Waals surface area contributed by atoms with Crippen molar-refractivity contribution in [2.75, 3.05) is 26.8 Å². The Labute approximate surface area is 179 Å². The van der Waals surface area contributed by atoms with E-state index < -0.39 is 0 Å². The van der Waals surface area contributed by atoms with E-state index in [1.807, 2.05) is 16.9 Å². The molecular formula is C20H32IN5O. The Bertz CT molecular complexity index is 658. The fraction of sp³-hybridized carbons (Fsp3) is 0.500. The van der Waals surface area contributed by atoms with Crippen molar-refractivity contribution in [1.82, 2.24) is 20.4 Å². The van der Waals surface area contributed by atoms with Gasteiger partial charge in [0.2, 0.25) is 0 Å². The maximum atomic E-state index is 5.61. The van der Waals surface area contributed by atoms with Crippen LogP contribution in [0.25, 0.3) is 0 Å². The topological polar surface area (TPSA) is 63.5 Å². The molecule has 7 heteroatoms. The molecule has 1 aromatic carbocycles. The minimum Gasteiger partial charge on any atom is -0.380 e. The average Bonchev–Trinajstić information content (AvgIpc) is 3.13. The molecule has 0 spiro atoms. The second-order valence-corrected chi connectivity index (χ2v) is 6.67. The van der Waals surface area contributed by atoms with Gasteiger partial charge in [-0.1, -0.05) is 38.1 Å². The van der Waals surface area contributed by atoms with Gasteiger partial charge in [0.15, 0.2) is 5.96 Å². The summed E-state index contributed by atoms with van der Waals surface area (Å²) in [7, 11) is 1.78. The monoisotopic (exact) mass is 485 g/mol. The van der Waals surface area contributed by atoms with E-state index >= 15 is 0 Å². The highest BCUT2D eigenvalue weighted by Gasteiger charge is 2.01. The van der Waals surface area contributed by atoms with Crippen LogP contribution in [-0.4, -0.2) is 42.5 Å². The molecule has 150 valence electrons. The first kappa shape index (κ1) is 23.4. The van der Waals surface area contributed by atoms with E-state index in [9.17, 15) is 0 Å². The second kappa shape index (κ2) is 13.5. The van der Waals surface area contributed by atoms with Gasteiger partial charge in [-0.15, -0.1) is 24.0 Å². The Morgan fingerprint density at radius 1 is 1.19 bits per heavy atom. The molecule has 0 saturated carbocycles. The molecule has 0 bridgehead atoms. The van der Waals surface area contributed by atoms with Crippen LogP contribution in [0.5, 0.6) is 0 Å². The van der Waals surface area contributed by atoms with Crippen LogP contribution in [0, 0.1) is 5.92 Å². The van der Waals surface area contributed by atoms with E-state index in [1.165, 1.54) is 11.1 Å². The van der Waals surface area contributed by atoms with Crippen molar-refractivity contribution in [2.24, 2.45) is 10.9 Å². The molecule has 0 aliphatic rings. The number of hydrogen-bond acceptors (Lipinski definition) is 3. The van der Waals surface area contributed by atoms with Gasteiger partial charge in [0.25, 0.3) is 0 Å². The van der Waals surface area contributed by atoms with Crippen LogP contribution in [0.4, 0.5) is 0 Å². The first-order chi connectivity index (χ1) is 12.7. The summed E-state index contributed by atoms with van der Waals surface area (Å²) in [5.41, 5.74) is 2.44. The van der Waals surface area contributed by atoms with Gasteiger partial charge in [0.1, 0.15) is 0 Å². The molecule has 0 radical (unpaired) electrons. The first-order valence-electron chi connectivity index (χ1n) is 9.25. The molecule has 1 aromatic heterocycles. The van der Waals surface area contributed by atoms with E-state index in [1.54, 1.807) is 13.2 Å². The first-order valence-corrected chi connectivity index (χ1v) is 9.25. The molecule has 27 heavy (non-hydrogen) atoms. The third-order valence-corrected chi connectivity index (χ3v) is 3.96. The SMILES string of the molecule is CN=C(NCCOCCC(C)C)NCc1cccc(Cn2cccn2)c1.I. The van der Waals surface area contributed by atoms with Gasteiger partial charge in [-0.05, 0) is 29.5 Å². The molecule has 0 unspecified atom stereocenters. The summed E-state index contributed by atoms with van der Waals surface area (Å²) in [5.74, 6) is 1.47. The number of hydrogen-bond donors (Lipinski definition) is 2. The highest BCUT2D eigenvalue weighted by molar-refractivity contribution is 14.0. The zero-order chi connectivity index (χ0) is 18.6. The fourth-order valence-electron chi connectivity index (χ4n) is 2.49. The summed E-state index contributed by atoms with van der Waals surface area (Å²) >= 11 is 0. The van der Waals surface area contributed by atoms with Crippen LogP contribution in [-0.2, 0) is 17.8 Å². The van der Waals surface area contributed by atoms with Gasteiger partial charge < -0.3 is 15.4 Å². The highest BCUT2D eigenvalue weighted by atomic mass is 127. The number of aromatic nitrogens is 2. The summed E-state index contributed by atoms with van der Waals surface area (Å²) < 4.78 is 7.54. The molecule has 2 aromatic rings. The molecule has 0 fully saturated rings. The molecule has 6 nitrogen and oxygen atoms in total. The molecule has 0 saturated heterocycles. The zero-order valence-electron chi connectivity index (χ0n) is 16.5. The van der Waals surface area contributed by atoms with Gasteiger partial charge in [-0.2, -0.15) is 5.10 Å². The fourth-order valence-corrected chi connectivity index (χ4v) is 2.49. The second-order valence-electron chi connectivity index (χ2n) is 6.67. The van der Waals surface area contributed by atoms with Crippen molar-refractivity contribution in [1.29, 1.82) is 0 Å². The maximum absolute atomic E-state index is 5.61. The quantitative estimate of drug-likeness (QED) is 0.235. The minimum atomic E-state index is 0. The molecule has 0 aliphatic heterocycles. The van der Waals surface area contributed by atoms with Gasteiger partial charge >= 0.3 is 0 Å². The Balaban J connectivity index is 0.00000364. The van der Waals surface area contributed by atoms with Crippen molar-refractivity contribution < 1.29 is 4.74 Å². The number of nitrogens with zero attached hydrogens (tertiary/aromatic N) is 3. The molecule has 2 rings (SSSR count). The summed E-state index contributed by atoms with van der Waals surface area (Å²) in [4.78, 5) is 4.26. The number of benzene rings is 1. The van der Waals surface area contributed by atoms with Crippen LogP contribution in [0.3, 0.4) is 0 Å². The standard InChI is InChI=1S/C20H31N5O.HI/c1-17(2)8-12-26-13-10-22-20(21-3)23-15-18-6-4-7-19(14-18)16-25-11-5-9-24-25;/h4-7,9,11,14,17H,8,10,12-13,15-16H2,1-3H3,(H2,21,22,23);1H. The van der Waals surface area contributed by atoms with Crippen molar-refractivity contribution in [3.8, 4) is 0 Å². The van der Waals surface area contributed by atoms with Crippen LogP contribution in [0.15, 0.2) is 47.7 Å². The lowest BCUT2D eigenvalue weighted by Crippen LogP contribution is -2.38. The number of aliphatic imine (C=N–C) groups is 1. The van der Waals surface area contributed by atoms with Crippen molar-refractivity contribution in [3.63, 3.8) is 0 Å². The average molecular weight is 485 g/mol. The van der Waals surface area contributed by atoms with Crippen LogP contribution in [0.2, 0.25) is 0 Å². The van der Waals surface area contributed by atoms with E-state index in [0.717, 1.165) is 38.6 Å². The van der Waals surface area contributed by atoms with Crippen LogP contribution < -0.4 is 10.6 Å². The van der Waals surface area contributed by atoms with Gasteiger partial charge in [0.05, 0.1) is 13.2 Å². The highest BCUT2D eigenvalue weighted by Crippen LogP contribution is 2.07. The largest absolute Gasteiger partial charge is 0.380 e. The van der Waals surface area contributed by atoms with E-state index in [4.69, 9.17) is 4.74 Å².